The molecule has 4 aromatic rings. The van der Waals surface area contributed by atoms with Crippen LogP contribution in [0.15, 0.2) is 69.3 Å². The Morgan fingerprint density at radius 2 is 1.78 bits per heavy atom. The van der Waals surface area contributed by atoms with Crippen LogP contribution in [0.5, 0.6) is 0 Å². The third-order valence-corrected chi connectivity index (χ3v) is 8.97. The highest BCUT2D eigenvalue weighted by atomic mass is 32.2. The summed E-state index contributed by atoms with van der Waals surface area (Å²) < 4.78 is 7.04. The van der Waals surface area contributed by atoms with Gasteiger partial charge in [-0.15, -0.1) is 11.3 Å². The van der Waals surface area contributed by atoms with Gasteiger partial charge in [0, 0.05) is 24.6 Å². The van der Waals surface area contributed by atoms with Crippen LogP contribution in [0.25, 0.3) is 22.4 Å². The second-order valence-corrected chi connectivity index (χ2v) is 10.6. The van der Waals surface area contributed by atoms with Gasteiger partial charge in [0.05, 0.1) is 21.3 Å². The van der Waals surface area contributed by atoms with Crippen molar-refractivity contribution in [1.29, 1.82) is 0 Å². The van der Waals surface area contributed by atoms with Crippen molar-refractivity contribution < 1.29 is 4.57 Å². The monoisotopic (exact) mass is 478 g/mol. The summed E-state index contributed by atoms with van der Waals surface area (Å²) in [7, 11) is 1.86. The summed E-state index contributed by atoms with van der Waals surface area (Å²) in [5, 5.41) is 2.32. The predicted octanol–water partition coefficient (Wildman–Crippen LogP) is 4.05. The number of aryl methyl sites for hydroxylation is 1. The van der Waals surface area contributed by atoms with Crippen molar-refractivity contribution in [2.45, 2.75) is 25.3 Å². The van der Waals surface area contributed by atoms with Gasteiger partial charge in [-0.2, -0.15) is 4.57 Å². The lowest BCUT2D eigenvalue weighted by Gasteiger charge is -2.17. The van der Waals surface area contributed by atoms with Crippen molar-refractivity contribution in [3.63, 3.8) is 0 Å². The van der Waals surface area contributed by atoms with Gasteiger partial charge >= 0.3 is 0 Å². The molecule has 1 aliphatic rings. The molecule has 32 heavy (non-hydrogen) atoms. The van der Waals surface area contributed by atoms with E-state index in [2.05, 4.69) is 84.0 Å². The Hall–Kier alpha value is -2.61. The summed E-state index contributed by atoms with van der Waals surface area (Å²) in [6.07, 6.45) is 6.19. The van der Waals surface area contributed by atoms with Crippen LogP contribution in [0.1, 0.15) is 18.9 Å². The fourth-order valence-corrected chi connectivity index (χ4v) is 7.31. The van der Waals surface area contributed by atoms with Gasteiger partial charge in [-0.25, -0.2) is 0 Å². The molecule has 0 fully saturated rings. The molecule has 5 rings (SSSR count). The summed E-state index contributed by atoms with van der Waals surface area (Å²) in [5.74, 6) is 0. The van der Waals surface area contributed by atoms with Gasteiger partial charge in [0.1, 0.15) is 15.9 Å². The van der Waals surface area contributed by atoms with E-state index >= 15 is 0 Å². The largest absolute Gasteiger partial charge is 0.335 e. The maximum absolute atomic E-state index is 12.9. The van der Waals surface area contributed by atoms with E-state index in [4.69, 9.17) is 0 Å². The number of para-hydroxylation sites is 2. The molecular formula is C25H24N3OS3+. The molecule has 2 aromatic heterocycles. The molecule has 0 amide bonds. The Morgan fingerprint density at radius 1 is 1.00 bits per heavy atom. The number of allylic oxidation sites excluding steroid dienone is 1. The van der Waals surface area contributed by atoms with Crippen molar-refractivity contribution in [3.05, 3.63) is 84.2 Å². The number of hydrogen-bond donors (Lipinski definition) is 0. The van der Waals surface area contributed by atoms with Gasteiger partial charge in [0.2, 0.25) is 5.52 Å². The first-order chi connectivity index (χ1) is 15.6. The molecule has 0 unspecified atom stereocenters. The topological polar surface area (TPSA) is 29.1 Å². The van der Waals surface area contributed by atoms with E-state index in [1.807, 2.05) is 13.1 Å². The lowest BCUT2D eigenvalue weighted by atomic mass is 10.3. The normalized spacial score (nSPS) is 16.0. The van der Waals surface area contributed by atoms with Crippen LogP contribution in [-0.2, 0) is 13.6 Å². The second-order valence-electron chi connectivity index (χ2n) is 7.45. The summed E-state index contributed by atoms with van der Waals surface area (Å²) in [6.45, 7) is 6.10. The Bertz CT molecular complexity index is 1520. The first-order valence-corrected chi connectivity index (χ1v) is 13.1. The maximum Gasteiger partial charge on any atom is 0.268 e. The number of nitrogens with zero attached hydrogens (tertiary/aromatic N) is 3. The molecule has 0 saturated carbocycles. The molecule has 0 spiro atoms. The highest BCUT2D eigenvalue weighted by Crippen LogP contribution is 2.45. The molecule has 4 nitrogen and oxygen atoms in total. The fraction of sp³-hybridized carbons (Fsp3) is 0.200. The molecule has 0 aliphatic carbocycles. The molecule has 7 heteroatoms. The van der Waals surface area contributed by atoms with Crippen LogP contribution in [0.3, 0.4) is 0 Å². The molecule has 1 aliphatic heterocycles. The molecule has 162 valence electrons. The average molecular weight is 479 g/mol. The Balaban J connectivity index is 1.58. The zero-order valence-electron chi connectivity index (χ0n) is 18.2. The van der Waals surface area contributed by atoms with Gasteiger partial charge in [-0.3, -0.25) is 4.79 Å². The summed E-state index contributed by atoms with van der Waals surface area (Å²) >= 11 is 5.07. The van der Waals surface area contributed by atoms with Gasteiger partial charge < -0.3 is 9.47 Å². The van der Waals surface area contributed by atoms with E-state index in [1.165, 1.54) is 20.8 Å². The number of anilines is 1. The number of thiazole rings is 2. The summed E-state index contributed by atoms with van der Waals surface area (Å²) in [4.78, 5) is 16.5. The quantitative estimate of drug-likeness (QED) is 0.415. The maximum atomic E-state index is 12.9. The van der Waals surface area contributed by atoms with Crippen molar-refractivity contribution in [3.8, 4) is 0 Å². The smallest absolute Gasteiger partial charge is 0.268 e. The van der Waals surface area contributed by atoms with Crippen LogP contribution >= 0.6 is 34.4 Å². The van der Waals surface area contributed by atoms with Crippen LogP contribution in [0, 0.1) is 0 Å². The lowest BCUT2D eigenvalue weighted by Crippen LogP contribution is -2.34. The first-order valence-electron chi connectivity index (χ1n) is 10.7. The standard InChI is InChI=1S/C25H24N3OS3/c1-4-27-17-10-6-8-12-19(17)30-22(27)15-14-21-25(29)26(3)23(32-21)16-24-28(5-2)18-11-7-9-13-20(18)31-24/h6-16H,4-5H2,1-3H3/q+1/b21-14+,22-15-. The third kappa shape index (κ3) is 3.64. The van der Waals surface area contributed by atoms with Gasteiger partial charge in [-0.1, -0.05) is 47.4 Å². The number of rotatable bonds is 4. The molecular weight excluding hydrogens is 454 g/mol. The summed E-state index contributed by atoms with van der Waals surface area (Å²) in [5.41, 5.74) is 2.52. The lowest BCUT2D eigenvalue weighted by molar-refractivity contribution is -0.665. The minimum absolute atomic E-state index is 0.0471. The third-order valence-electron chi connectivity index (χ3n) is 5.59. The average Bonchev–Trinajstić information content (AvgIpc) is 3.44. The molecule has 0 atom stereocenters. The number of fused-ring (bicyclic) bond motifs is 2. The van der Waals surface area contributed by atoms with Crippen molar-refractivity contribution in [1.82, 2.24) is 4.57 Å². The first kappa shape index (κ1) is 21.2. The van der Waals surface area contributed by atoms with Gasteiger partial charge in [0.25, 0.3) is 10.6 Å². The minimum atomic E-state index is 0.0471. The number of benzene rings is 2. The van der Waals surface area contributed by atoms with E-state index < -0.39 is 0 Å². The number of aromatic nitrogens is 2. The van der Waals surface area contributed by atoms with E-state index in [1.54, 1.807) is 39.0 Å². The Kier molecular flexibility index (Phi) is 5.80. The molecule has 3 heterocycles. The molecule has 2 aromatic carbocycles. The Labute approximate surface area is 199 Å². The van der Waals surface area contributed by atoms with Crippen LogP contribution < -0.4 is 24.2 Å². The van der Waals surface area contributed by atoms with E-state index in [9.17, 15) is 4.79 Å². The van der Waals surface area contributed by atoms with E-state index in [-0.39, 0.29) is 5.56 Å². The van der Waals surface area contributed by atoms with Crippen molar-refractivity contribution >= 4 is 62.5 Å². The molecule has 0 bridgehead atoms. The van der Waals surface area contributed by atoms with Crippen molar-refractivity contribution in [2.75, 3.05) is 11.4 Å². The zero-order valence-corrected chi connectivity index (χ0v) is 20.7. The number of hydrogen-bond acceptors (Lipinski definition) is 5. The SMILES string of the molecule is CCN1/C(=C/C=c2/s/c(=C\c3sc4ccccc4[n+]3CC)n(C)c2=O)Sc2ccccc21. The Morgan fingerprint density at radius 3 is 2.59 bits per heavy atom. The fourth-order valence-electron chi connectivity index (χ4n) is 3.96. The highest BCUT2D eigenvalue weighted by Gasteiger charge is 2.22. The predicted molar refractivity (Wildman–Crippen MR) is 138 cm³/mol. The molecule has 0 N–H and O–H groups in total. The highest BCUT2D eigenvalue weighted by molar-refractivity contribution is 8.03. The van der Waals surface area contributed by atoms with Crippen LogP contribution in [0.2, 0.25) is 0 Å². The molecule has 0 radical (unpaired) electrons. The molecule has 0 saturated heterocycles. The zero-order chi connectivity index (χ0) is 22.2. The van der Waals surface area contributed by atoms with Crippen LogP contribution in [-0.4, -0.2) is 11.1 Å². The van der Waals surface area contributed by atoms with Crippen LogP contribution in [0.4, 0.5) is 5.69 Å². The van der Waals surface area contributed by atoms with Crippen molar-refractivity contribution in [2.24, 2.45) is 7.05 Å². The second kappa shape index (κ2) is 8.73. The number of thioether (sulfide) groups is 1. The van der Waals surface area contributed by atoms with Gasteiger partial charge in [0.15, 0.2) is 0 Å². The van der Waals surface area contributed by atoms with E-state index in [0.29, 0.717) is 0 Å². The summed E-state index contributed by atoms with van der Waals surface area (Å²) in [6, 6.07) is 16.9. The van der Waals surface area contributed by atoms with Gasteiger partial charge in [-0.05, 0) is 44.2 Å². The minimum Gasteiger partial charge on any atom is -0.335 e. The van der Waals surface area contributed by atoms with E-state index in [0.717, 1.165) is 32.3 Å².